The fourth-order valence-corrected chi connectivity index (χ4v) is 5.73. The third kappa shape index (κ3) is 4.89. The number of methoxy groups -OCH3 is 1. The second-order valence-electron chi connectivity index (χ2n) is 9.46. The van der Waals surface area contributed by atoms with Crippen LogP contribution in [0.1, 0.15) is 33.9 Å². The van der Waals surface area contributed by atoms with E-state index in [1.54, 1.807) is 31.4 Å². The number of aromatic nitrogens is 1. The molecule has 1 N–H and O–H groups in total. The van der Waals surface area contributed by atoms with Gasteiger partial charge in [-0.15, -0.1) is 0 Å². The Bertz CT molecular complexity index is 1820. The number of amides is 1. The predicted octanol–water partition coefficient (Wildman–Crippen LogP) is 7.72. The molecule has 0 bridgehead atoms. The zero-order valence-corrected chi connectivity index (χ0v) is 24.6. The summed E-state index contributed by atoms with van der Waals surface area (Å²) in [7, 11) is 1.58. The van der Waals surface area contributed by atoms with Gasteiger partial charge in [-0.2, -0.15) is 5.10 Å². The number of hydrogen-bond donors (Lipinski definition) is 1. The van der Waals surface area contributed by atoms with Gasteiger partial charge in [-0.3, -0.25) is 9.59 Å². The number of benzene rings is 4. The Morgan fingerprint density at radius 1 is 0.900 bits per heavy atom. The van der Waals surface area contributed by atoms with Crippen molar-refractivity contribution in [1.29, 1.82) is 0 Å². The number of nitrogens with one attached hydrogen (secondary N) is 1. The molecule has 0 radical (unpaired) electrons. The Hall–Kier alpha value is -4.01. The number of carbonyl (C=O) groups excluding carboxylic acids is 1. The minimum absolute atomic E-state index is 0.249. The first-order chi connectivity index (χ1) is 19.4. The van der Waals surface area contributed by atoms with Gasteiger partial charge in [0.1, 0.15) is 5.75 Å². The van der Waals surface area contributed by atoms with Gasteiger partial charge >= 0.3 is 0 Å². The maximum absolute atomic E-state index is 13.8. The number of nitrogens with zero attached hydrogens (tertiary/aromatic N) is 2. The number of ether oxygens (including phenoxy) is 1. The lowest BCUT2D eigenvalue weighted by Gasteiger charge is -2.22. The van der Waals surface area contributed by atoms with Gasteiger partial charge in [0.25, 0.3) is 11.5 Å². The van der Waals surface area contributed by atoms with Gasteiger partial charge < -0.3 is 9.72 Å². The molecule has 2 heterocycles. The maximum atomic E-state index is 13.8. The minimum Gasteiger partial charge on any atom is -0.497 e. The zero-order chi connectivity index (χ0) is 27.8. The standard InChI is InChI=1S/C32H23Br2N3O3/c1-40-24-14-9-21(10-15-24)32(39)37-28(19-7-11-22(33)12-8-19)18-27(36-37)30-29(20-5-3-2-4-6-20)25-17-23(34)13-16-26(25)35-31(30)38/h2-17,28H,18H2,1H3,(H,35,38)/t28-/m1/s1. The van der Waals surface area contributed by atoms with E-state index < -0.39 is 0 Å². The van der Waals surface area contributed by atoms with Gasteiger partial charge in [0.15, 0.2) is 0 Å². The van der Waals surface area contributed by atoms with Crippen molar-refractivity contribution in [2.75, 3.05) is 7.11 Å². The molecular weight excluding hydrogens is 634 g/mol. The Labute approximate surface area is 247 Å². The van der Waals surface area contributed by atoms with E-state index in [0.717, 1.165) is 36.5 Å². The lowest BCUT2D eigenvalue weighted by molar-refractivity contribution is 0.0711. The maximum Gasteiger partial charge on any atom is 0.274 e. The lowest BCUT2D eigenvalue weighted by atomic mass is 9.91. The number of rotatable bonds is 5. The van der Waals surface area contributed by atoms with E-state index in [4.69, 9.17) is 9.84 Å². The van der Waals surface area contributed by atoms with Crippen LogP contribution in [0.5, 0.6) is 5.75 Å². The first-order valence-corrected chi connectivity index (χ1v) is 14.2. The van der Waals surface area contributed by atoms with E-state index >= 15 is 0 Å². The van der Waals surface area contributed by atoms with Gasteiger partial charge in [0.05, 0.1) is 24.4 Å². The quantitative estimate of drug-likeness (QED) is 0.210. The molecule has 6 rings (SSSR count). The van der Waals surface area contributed by atoms with Crippen LogP contribution in [-0.2, 0) is 0 Å². The van der Waals surface area contributed by atoms with Crippen molar-refractivity contribution < 1.29 is 9.53 Å². The smallest absolute Gasteiger partial charge is 0.274 e. The average molecular weight is 657 g/mol. The fraction of sp³-hybridized carbons (Fsp3) is 0.0938. The number of H-pyrrole nitrogens is 1. The Balaban J connectivity index is 1.55. The number of aromatic amines is 1. The Kier molecular flexibility index (Phi) is 7.12. The molecule has 0 aliphatic carbocycles. The molecule has 0 unspecified atom stereocenters. The highest BCUT2D eigenvalue weighted by molar-refractivity contribution is 9.10. The van der Waals surface area contributed by atoms with Crippen molar-refractivity contribution in [2.45, 2.75) is 12.5 Å². The van der Waals surface area contributed by atoms with Crippen molar-refractivity contribution >= 4 is 54.4 Å². The molecule has 1 aliphatic rings. The molecule has 1 aliphatic heterocycles. The van der Waals surface area contributed by atoms with Crippen molar-refractivity contribution in [3.05, 3.63) is 133 Å². The van der Waals surface area contributed by atoms with E-state index in [9.17, 15) is 9.59 Å². The highest BCUT2D eigenvalue weighted by Gasteiger charge is 2.36. The third-order valence-electron chi connectivity index (χ3n) is 7.04. The largest absolute Gasteiger partial charge is 0.497 e. The molecule has 0 saturated carbocycles. The summed E-state index contributed by atoms with van der Waals surface area (Å²) >= 11 is 7.09. The van der Waals surface area contributed by atoms with E-state index in [-0.39, 0.29) is 17.5 Å². The predicted molar refractivity (Wildman–Crippen MR) is 165 cm³/mol. The van der Waals surface area contributed by atoms with E-state index in [2.05, 4.69) is 36.8 Å². The number of pyridine rings is 1. The topological polar surface area (TPSA) is 74.8 Å². The van der Waals surface area contributed by atoms with Crippen molar-refractivity contribution in [3.63, 3.8) is 0 Å². The first kappa shape index (κ1) is 26.2. The number of carbonyl (C=O) groups is 1. The van der Waals surface area contributed by atoms with Gasteiger partial charge in [0.2, 0.25) is 0 Å². The molecule has 1 aromatic heterocycles. The molecule has 5 aromatic rings. The third-order valence-corrected chi connectivity index (χ3v) is 8.06. The number of fused-ring (bicyclic) bond motifs is 1. The first-order valence-electron chi connectivity index (χ1n) is 12.6. The SMILES string of the molecule is COc1ccc(C(=O)N2N=C(c3c(-c4ccccc4)c4cc(Br)ccc4[nH]c3=O)C[C@@H]2c2ccc(Br)cc2)cc1. The number of halogens is 2. The van der Waals surface area contributed by atoms with Gasteiger partial charge in [-0.25, -0.2) is 5.01 Å². The van der Waals surface area contributed by atoms with Crippen molar-refractivity contribution in [1.82, 2.24) is 9.99 Å². The molecule has 40 heavy (non-hydrogen) atoms. The normalized spacial score (nSPS) is 14.8. The molecule has 1 atom stereocenters. The zero-order valence-electron chi connectivity index (χ0n) is 21.4. The molecule has 0 saturated heterocycles. The minimum atomic E-state index is -0.390. The van der Waals surface area contributed by atoms with E-state index in [0.29, 0.717) is 29.0 Å². The lowest BCUT2D eigenvalue weighted by Crippen LogP contribution is -2.27. The molecule has 0 fully saturated rings. The number of hydrazone groups is 1. The summed E-state index contributed by atoms with van der Waals surface area (Å²) in [5.74, 6) is 0.403. The van der Waals surface area contributed by atoms with E-state index in [1.165, 1.54) is 5.01 Å². The van der Waals surface area contributed by atoms with Crippen LogP contribution in [0.15, 0.2) is 116 Å². The van der Waals surface area contributed by atoms with Crippen molar-refractivity contribution in [2.24, 2.45) is 5.10 Å². The summed E-state index contributed by atoms with van der Waals surface area (Å²) in [6, 6.07) is 30.0. The summed E-state index contributed by atoms with van der Waals surface area (Å²) in [4.78, 5) is 30.6. The summed E-state index contributed by atoms with van der Waals surface area (Å²) < 4.78 is 7.10. The number of hydrogen-bond acceptors (Lipinski definition) is 4. The molecule has 4 aromatic carbocycles. The highest BCUT2D eigenvalue weighted by Crippen LogP contribution is 2.38. The molecule has 1 amide bonds. The Morgan fingerprint density at radius 3 is 2.30 bits per heavy atom. The van der Waals surface area contributed by atoms with Crippen LogP contribution in [0, 0.1) is 0 Å². The molecule has 6 nitrogen and oxygen atoms in total. The van der Waals surface area contributed by atoms with Crippen LogP contribution in [0.4, 0.5) is 0 Å². The van der Waals surface area contributed by atoms with E-state index in [1.807, 2.05) is 72.8 Å². The summed E-state index contributed by atoms with van der Waals surface area (Å²) in [6.45, 7) is 0. The molecule has 8 heteroatoms. The van der Waals surface area contributed by atoms with Crippen LogP contribution < -0.4 is 10.3 Å². The second kappa shape index (κ2) is 10.9. The fourth-order valence-electron chi connectivity index (χ4n) is 5.10. The van der Waals surface area contributed by atoms with Crippen LogP contribution in [0.3, 0.4) is 0 Å². The van der Waals surface area contributed by atoms with Crippen LogP contribution >= 0.6 is 31.9 Å². The summed E-state index contributed by atoms with van der Waals surface area (Å²) in [6.07, 6.45) is 0.381. The van der Waals surface area contributed by atoms with Gasteiger partial charge in [-0.1, -0.05) is 74.3 Å². The van der Waals surface area contributed by atoms with Crippen molar-refractivity contribution in [3.8, 4) is 16.9 Å². The van der Waals surface area contributed by atoms with Gasteiger partial charge in [0, 0.05) is 37.4 Å². The summed E-state index contributed by atoms with van der Waals surface area (Å²) in [5, 5.41) is 7.25. The Morgan fingerprint density at radius 2 is 1.60 bits per heavy atom. The summed E-state index contributed by atoms with van der Waals surface area (Å²) in [5.41, 5.74) is 4.58. The molecule has 198 valence electrons. The molecular formula is C32H23Br2N3O3. The van der Waals surface area contributed by atoms with Crippen LogP contribution in [-0.4, -0.2) is 28.7 Å². The highest BCUT2D eigenvalue weighted by atomic mass is 79.9. The van der Waals surface area contributed by atoms with Crippen LogP contribution in [0.25, 0.3) is 22.0 Å². The van der Waals surface area contributed by atoms with Gasteiger partial charge in [-0.05, 0) is 65.7 Å². The van der Waals surface area contributed by atoms with Crippen LogP contribution in [0.2, 0.25) is 0 Å². The average Bonchev–Trinajstić information content (AvgIpc) is 3.42. The molecule has 0 spiro atoms. The second-order valence-corrected chi connectivity index (χ2v) is 11.3. The monoisotopic (exact) mass is 655 g/mol.